The van der Waals surface area contributed by atoms with Crippen LogP contribution >= 0.6 is 0 Å². The smallest absolute Gasteiger partial charge is 0.330 e. The summed E-state index contributed by atoms with van der Waals surface area (Å²) in [6, 6.07) is -0.0947. The van der Waals surface area contributed by atoms with Crippen LogP contribution in [-0.4, -0.2) is 26.7 Å². The van der Waals surface area contributed by atoms with Crippen LogP contribution in [0.2, 0.25) is 0 Å². The molecule has 9 nitrogen and oxygen atoms in total. The predicted molar refractivity (Wildman–Crippen MR) is 115 cm³/mol. The molecular weight excluding hydrogens is 386 g/mol. The maximum absolute atomic E-state index is 13.3. The van der Waals surface area contributed by atoms with Crippen molar-refractivity contribution in [2.45, 2.75) is 84.7 Å². The molecule has 0 bridgehead atoms. The molecule has 3 N–H and O–H groups in total. The van der Waals surface area contributed by atoms with E-state index in [1.807, 2.05) is 20.8 Å². The summed E-state index contributed by atoms with van der Waals surface area (Å²) in [5.41, 5.74) is 6.92. The summed E-state index contributed by atoms with van der Waals surface area (Å²) < 4.78 is 6.55. The van der Waals surface area contributed by atoms with Crippen LogP contribution in [0.25, 0.3) is 0 Å². The van der Waals surface area contributed by atoms with Gasteiger partial charge in [-0.05, 0) is 39.5 Å². The lowest BCUT2D eigenvalue weighted by Crippen LogP contribution is -2.45. The number of aromatic nitrogens is 3. The second kappa shape index (κ2) is 9.32. The minimum Gasteiger partial charge on any atom is -0.383 e. The van der Waals surface area contributed by atoms with Crippen molar-refractivity contribution >= 4 is 17.4 Å². The van der Waals surface area contributed by atoms with Crippen molar-refractivity contribution in [3.63, 3.8) is 0 Å². The highest BCUT2D eigenvalue weighted by molar-refractivity contribution is 5.96. The van der Waals surface area contributed by atoms with Crippen LogP contribution in [-0.2, 0) is 17.8 Å². The highest BCUT2D eigenvalue weighted by Gasteiger charge is 2.32. The molecule has 0 spiro atoms. The van der Waals surface area contributed by atoms with Crippen LogP contribution in [0.3, 0.4) is 0 Å². The number of nitrogens with one attached hydrogen (secondary N) is 1. The first-order valence-electron chi connectivity index (χ1n) is 10.7. The van der Waals surface area contributed by atoms with Gasteiger partial charge in [-0.2, -0.15) is 0 Å². The third-order valence-corrected chi connectivity index (χ3v) is 5.92. The van der Waals surface area contributed by atoms with Crippen LogP contribution in [0.5, 0.6) is 0 Å². The highest BCUT2D eigenvalue weighted by Crippen LogP contribution is 2.30. The normalized spacial score (nSPS) is 14.4. The van der Waals surface area contributed by atoms with E-state index in [2.05, 4.69) is 10.1 Å². The van der Waals surface area contributed by atoms with Gasteiger partial charge in [-0.25, -0.2) is 4.79 Å². The standard InChI is InChI=1S/C21H31N5O4/c1-4-5-12-25-19(22)18(20(28)23-21(25)29)26(15-8-6-7-9-15)17(27)11-10-16-13(2)24-30-14(16)3/h15H,4-12,22H2,1-3H3,(H,23,28,29). The van der Waals surface area contributed by atoms with Crippen molar-refractivity contribution < 1.29 is 9.32 Å². The van der Waals surface area contributed by atoms with E-state index in [0.29, 0.717) is 18.7 Å². The van der Waals surface area contributed by atoms with Gasteiger partial charge in [0.1, 0.15) is 11.6 Å². The van der Waals surface area contributed by atoms with E-state index in [1.165, 1.54) is 4.57 Å². The number of carbonyl (C=O) groups excluding carboxylic acids is 1. The van der Waals surface area contributed by atoms with Gasteiger partial charge in [0.05, 0.1) is 5.69 Å². The van der Waals surface area contributed by atoms with Crippen molar-refractivity contribution in [2.75, 3.05) is 10.6 Å². The van der Waals surface area contributed by atoms with Crippen LogP contribution in [0.1, 0.15) is 68.9 Å². The summed E-state index contributed by atoms with van der Waals surface area (Å²) in [6.45, 7) is 6.08. The molecule has 1 amide bonds. The zero-order valence-electron chi connectivity index (χ0n) is 18.0. The number of nitrogens with two attached hydrogens (primary N) is 1. The summed E-state index contributed by atoms with van der Waals surface area (Å²) in [5, 5.41) is 3.94. The van der Waals surface area contributed by atoms with Crippen molar-refractivity contribution in [1.29, 1.82) is 0 Å². The fraction of sp³-hybridized carbons (Fsp3) is 0.619. The fourth-order valence-electron chi connectivity index (χ4n) is 4.23. The van der Waals surface area contributed by atoms with Crippen molar-refractivity contribution in [3.05, 3.63) is 37.9 Å². The Hall–Kier alpha value is -2.84. The highest BCUT2D eigenvalue weighted by atomic mass is 16.5. The number of hydrogen-bond donors (Lipinski definition) is 2. The van der Waals surface area contributed by atoms with E-state index in [-0.39, 0.29) is 29.9 Å². The first kappa shape index (κ1) is 21.9. The molecule has 30 heavy (non-hydrogen) atoms. The van der Waals surface area contributed by atoms with Crippen LogP contribution in [0.15, 0.2) is 14.1 Å². The molecule has 0 aliphatic heterocycles. The first-order valence-corrected chi connectivity index (χ1v) is 10.7. The Labute approximate surface area is 175 Å². The molecule has 2 aromatic rings. The number of aryl methyl sites for hydroxylation is 2. The number of carbonyl (C=O) groups is 1. The van der Waals surface area contributed by atoms with Gasteiger partial charge in [0.25, 0.3) is 5.56 Å². The number of unbranched alkanes of at least 4 members (excludes halogenated alkanes) is 1. The lowest BCUT2D eigenvalue weighted by molar-refractivity contribution is -0.119. The van der Waals surface area contributed by atoms with E-state index in [0.717, 1.165) is 49.8 Å². The molecule has 1 fully saturated rings. The number of nitrogens with zero attached hydrogens (tertiary/aromatic N) is 3. The lowest BCUT2D eigenvalue weighted by Gasteiger charge is -2.30. The third kappa shape index (κ3) is 4.34. The van der Waals surface area contributed by atoms with Gasteiger partial charge in [0.2, 0.25) is 5.91 Å². The first-order chi connectivity index (χ1) is 14.3. The van der Waals surface area contributed by atoms with Gasteiger partial charge in [0.15, 0.2) is 5.69 Å². The summed E-state index contributed by atoms with van der Waals surface area (Å²) >= 11 is 0. The SMILES string of the molecule is CCCCn1c(N)c(N(C(=O)CCc2c(C)noc2C)C2CCCC2)c(=O)[nH]c1=O. The van der Waals surface area contributed by atoms with Crippen molar-refractivity contribution in [2.24, 2.45) is 0 Å². The summed E-state index contributed by atoms with van der Waals surface area (Å²) in [6.07, 6.45) is 5.90. The Bertz CT molecular complexity index is 994. The summed E-state index contributed by atoms with van der Waals surface area (Å²) in [4.78, 5) is 42.3. The molecule has 0 atom stereocenters. The summed E-state index contributed by atoms with van der Waals surface area (Å²) in [7, 11) is 0. The molecule has 0 saturated heterocycles. The maximum Gasteiger partial charge on any atom is 0.330 e. The Kier molecular flexibility index (Phi) is 6.79. The molecule has 1 aliphatic carbocycles. The average Bonchev–Trinajstić information content (AvgIpc) is 3.33. The maximum atomic E-state index is 13.3. The topological polar surface area (TPSA) is 127 Å². The minimum atomic E-state index is -0.608. The summed E-state index contributed by atoms with van der Waals surface area (Å²) in [5.74, 6) is 0.577. The van der Waals surface area contributed by atoms with Crippen molar-refractivity contribution in [1.82, 2.24) is 14.7 Å². The molecule has 2 heterocycles. The molecular formula is C21H31N5O4. The largest absolute Gasteiger partial charge is 0.383 e. The Balaban J connectivity index is 1.97. The monoisotopic (exact) mass is 417 g/mol. The van der Waals surface area contributed by atoms with E-state index in [1.54, 1.807) is 4.90 Å². The van der Waals surface area contributed by atoms with Gasteiger partial charge in [-0.15, -0.1) is 0 Å². The molecule has 164 valence electrons. The molecule has 0 aromatic carbocycles. The van der Waals surface area contributed by atoms with E-state index >= 15 is 0 Å². The van der Waals surface area contributed by atoms with Gasteiger partial charge in [0, 0.05) is 24.6 Å². The van der Waals surface area contributed by atoms with Crippen LogP contribution in [0, 0.1) is 13.8 Å². The second-order valence-electron chi connectivity index (χ2n) is 8.00. The Morgan fingerprint density at radius 1 is 1.30 bits per heavy atom. The van der Waals surface area contributed by atoms with Gasteiger partial charge in [-0.1, -0.05) is 31.3 Å². The third-order valence-electron chi connectivity index (χ3n) is 5.92. The quantitative estimate of drug-likeness (QED) is 0.679. The number of rotatable bonds is 8. The number of nitrogen functional groups attached to an aromatic ring is 1. The Morgan fingerprint density at radius 3 is 2.60 bits per heavy atom. The molecule has 0 unspecified atom stereocenters. The zero-order chi connectivity index (χ0) is 21.8. The average molecular weight is 418 g/mol. The lowest BCUT2D eigenvalue weighted by atomic mass is 10.1. The molecule has 3 rings (SSSR count). The van der Waals surface area contributed by atoms with Crippen molar-refractivity contribution in [3.8, 4) is 0 Å². The van der Waals surface area contributed by atoms with E-state index < -0.39 is 11.2 Å². The van der Waals surface area contributed by atoms with Crippen LogP contribution in [0.4, 0.5) is 11.5 Å². The second-order valence-corrected chi connectivity index (χ2v) is 8.00. The molecule has 0 radical (unpaired) electrons. The minimum absolute atomic E-state index is 0.0646. The van der Waals surface area contributed by atoms with E-state index in [9.17, 15) is 14.4 Å². The number of anilines is 2. The van der Waals surface area contributed by atoms with Gasteiger partial charge < -0.3 is 15.2 Å². The predicted octanol–water partition coefficient (Wildman–Crippen LogP) is 2.43. The zero-order valence-corrected chi connectivity index (χ0v) is 18.0. The number of aromatic amines is 1. The number of H-pyrrole nitrogens is 1. The Morgan fingerprint density at radius 2 is 2.00 bits per heavy atom. The number of hydrogen-bond acceptors (Lipinski definition) is 6. The number of amides is 1. The van der Waals surface area contributed by atoms with Gasteiger partial charge >= 0.3 is 5.69 Å². The fourth-order valence-corrected chi connectivity index (χ4v) is 4.23. The molecule has 1 aliphatic rings. The molecule has 2 aromatic heterocycles. The molecule has 9 heteroatoms. The van der Waals surface area contributed by atoms with Gasteiger partial charge in [-0.3, -0.25) is 19.1 Å². The van der Waals surface area contributed by atoms with Crippen LogP contribution < -0.4 is 21.9 Å². The van der Waals surface area contributed by atoms with E-state index in [4.69, 9.17) is 10.3 Å². The molecule has 1 saturated carbocycles.